The third-order valence-electron chi connectivity index (χ3n) is 5.79. The number of nitrogens with zero attached hydrogens (tertiary/aromatic N) is 3. The summed E-state index contributed by atoms with van der Waals surface area (Å²) < 4.78 is 1.59. The lowest BCUT2D eigenvalue weighted by molar-refractivity contribution is -0.121. The Kier molecular flexibility index (Phi) is 6.54. The number of benzene rings is 2. The Morgan fingerprint density at radius 3 is 2.57 bits per heavy atom. The van der Waals surface area contributed by atoms with Crippen molar-refractivity contribution in [2.45, 2.75) is 38.3 Å². The first-order valence-corrected chi connectivity index (χ1v) is 10.7. The van der Waals surface area contributed by atoms with Crippen molar-refractivity contribution in [3.8, 4) is 0 Å². The SMILES string of the molecule is O=C(CCCn1cnc2ccccc2c1=O)NCC(c1ccccc1)N1CCCC1. The van der Waals surface area contributed by atoms with Crippen LogP contribution in [0.4, 0.5) is 0 Å². The molecule has 1 aliphatic rings. The van der Waals surface area contributed by atoms with Crippen LogP contribution in [0.1, 0.15) is 37.3 Å². The molecule has 6 heteroatoms. The van der Waals surface area contributed by atoms with Crippen molar-refractivity contribution in [3.63, 3.8) is 0 Å². The number of carbonyl (C=O) groups excluding carboxylic acids is 1. The molecule has 0 bridgehead atoms. The van der Waals surface area contributed by atoms with Crippen molar-refractivity contribution in [1.29, 1.82) is 0 Å². The van der Waals surface area contributed by atoms with Crippen LogP contribution in [0.15, 0.2) is 65.7 Å². The van der Waals surface area contributed by atoms with E-state index in [0.717, 1.165) is 13.1 Å². The number of nitrogens with one attached hydrogen (secondary N) is 1. The Morgan fingerprint density at radius 2 is 1.77 bits per heavy atom. The number of aromatic nitrogens is 2. The zero-order valence-corrected chi connectivity index (χ0v) is 17.2. The number of aryl methyl sites for hydroxylation is 1. The summed E-state index contributed by atoms with van der Waals surface area (Å²) >= 11 is 0. The quantitative estimate of drug-likeness (QED) is 0.626. The van der Waals surface area contributed by atoms with E-state index in [-0.39, 0.29) is 17.5 Å². The predicted octanol–water partition coefficient (Wildman–Crippen LogP) is 3.13. The highest BCUT2D eigenvalue weighted by atomic mass is 16.1. The van der Waals surface area contributed by atoms with Crippen LogP contribution in [0, 0.1) is 0 Å². The molecule has 1 atom stereocenters. The first-order chi connectivity index (χ1) is 14.7. The molecular weight excluding hydrogens is 376 g/mol. The minimum atomic E-state index is -0.0563. The van der Waals surface area contributed by atoms with Gasteiger partial charge in [0.15, 0.2) is 0 Å². The van der Waals surface area contributed by atoms with Crippen molar-refractivity contribution >= 4 is 16.8 Å². The van der Waals surface area contributed by atoms with Gasteiger partial charge in [-0.25, -0.2) is 4.98 Å². The smallest absolute Gasteiger partial charge is 0.261 e. The molecule has 1 N–H and O–H groups in total. The van der Waals surface area contributed by atoms with Crippen LogP contribution >= 0.6 is 0 Å². The van der Waals surface area contributed by atoms with Gasteiger partial charge in [-0.15, -0.1) is 0 Å². The number of para-hydroxylation sites is 1. The van der Waals surface area contributed by atoms with Gasteiger partial charge >= 0.3 is 0 Å². The van der Waals surface area contributed by atoms with Crippen LogP contribution in [-0.2, 0) is 11.3 Å². The minimum Gasteiger partial charge on any atom is -0.354 e. The third-order valence-corrected chi connectivity index (χ3v) is 5.79. The molecule has 0 spiro atoms. The van der Waals surface area contributed by atoms with E-state index in [4.69, 9.17) is 0 Å². The minimum absolute atomic E-state index is 0.0249. The standard InChI is InChI=1S/C24H28N4O2/c29-23(13-8-16-28-18-26-21-12-5-4-11-20(21)24(28)30)25-17-22(27-14-6-7-15-27)19-9-2-1-3-10-19/h1-5,9-12,18,22H,6-8,13-17H2,(H,25,29). The van der Waals surface area contributed by atoms with Crippen molar-refractivity contribution < 1.29 is 4.79 Å². The molecule has 1 saturated heterocycles. The third kappa shape index (κ3) is 4.76. The van der Waals surface area contributed by atoms with E-state index in [1.165, 1.54) is 18.4 Å². The number of amides is 1. The Bertz CT molecular complexity index is 1040. The first kappa shape index (κ1) is 20.3. The number of hydrogen-bond acceptors (Lipinski definition) is 4. The molecule has 2 heterocycles. The van der Waals surface area contributed by atoms with E-state index in [0.29, 0.717) is 36.8 Å². The van der Waals surface area contributed by atoms with Gasteiger partial charge in [-0.1, -0.05) is 42.5 Å². The normalized spacial score (nSPS) is 15.3. The van der Waals surface area contributed by atoms with E-state index < -0.39 is 0 Å². The molecule has 1 amide bonds. The highest BCUT2D eigenvalue weighted by Gasteiger charge is 2.23. The predicted molar refractivity (Wildman–Crippen MR) is 118 cm³/mol. The Labute approximate surface area is 176 Å². The molecule has 1 aromatic heterocycles. The van der Waals surface area contributed by atoms with Gasteiger partial charge in [-0.3, -0.25) is 19.1 Å². The molecular formula is C24H28N4O2. The topological polar surface area (TPSA) is 67.2 Å². The molecule has 1 fully saturated rings. The summed E-state index contributed by atoms with van der Waals surface area (Å²) in [6.07, 6.45) is 4.99. The summed E-state index contributed by atoms with van der Waals surface area (Å²) in [7, 11) is 0. The largest absolute Gasteiger partial charge is 0.354 e. The average molecular weight is 405 g/mol. The lowest BCUT2D eigenvalue weighted by Crippen LogP contribution is -2.36. The maximum absolute atomic E-state index is 12.5. The Hall–Kier alpha value is -2.99. The molecule has 156 valence electrons. The Morgan fingerprint density at radius 1 is 1.03 bits per heavy atom. The number of carbonyl (C=O) groups is 1. The fourth-order valence-electron chi connectivity index (χ4n) is 4.16. The molecule has 0 saturated carbocycles. The number of fused-ring (bicyclic) bond motifs is 1. The molecule has 3 aromatic rings. The van der Waals surface area contributed by atoms with Crippen molar-refractivity contribution in [3.05, 3.63) is 76.8 Å². The van der Waals surface area contributed by atoms with Crippen LogP contribution in [0.25, 0.3) is 10.9 Å². The molecule has 4 rings (SSSR count). The maximum atomic E-state index is 12.5. The van der Waals surface area contributed by atoms with Gasteiger partial charge in [0.1, 0.15) is 0 Å². The lowest BCUT2D eigenvalue weighted by atomic mass is 10.1. The van der Waals surface area contributed by atoms with Crippen LogP contribution in [0.2, 0.25) is 0 Å². The summed E-state index contributed by atoms with van der Waals surface area (Å²) in [4.78, 5) is 31.8. The van der Waals surface area contributed by atoms with Gasteiger partial charge < -0.3 is 5.32 Å². The zero-order chi connectivity index (χ0) is 20.8. The highest BCUT2D eigenvalue weighted by molar-refractivity contribution is 5.77. The molecule has 30 heavy (non-hydrogen) atoms. The summed E-state index contributed by atoms with van der Waals surface area (Å²) in [6, 6.07) is 17.9. The van der Waals surface area contributed by atoms with Gasteiger partial charge in [0, 0.05) is 19.5 Å². The zero-order valence-electron chi connectivity index (χ0n) is 17.2. The van der Waals surface area contributed by atoms with E-state index in [1.807, 2.05) is 24.3 Å². The van der Waals surface area contributed by atoms with Gasteiger partial charge in [-0.05, 0) is 50.0 Å². The molecule has 1 unspecified atom stereocenters. The number of likely N-dealkylation sites (tertiary alicyclic amines) is 1. The highest BCUT2D eigenvalue weighted by Crippen LogP contribution is 2.24. The molecule has 0 aliphatic carbocycles. The number of rotatable bonds is 8. The van der Waals surface area contributed by atoms with Crippen molar-refractivity contribution in [1.82, 2.24) is 19.8 Å². The van der Waals surface area contributed by atoms with Crippen LogP contribution in [0.5, 0.6) is 0 Å². The molecule has 0 radical (unpaired) electrons. The summed E-state index contributed by atoms with van der Waals surface area (Å²) in [5.41, 5.74) is 1.89. The van der Waals surface area contributed by atoms with Crippen LogP contribution in [0.3, 0.4) is 0 Å². The summed E-state index contributed by atoms with van der Waals surface area (Å²) in [5, 5.41) is 3.72. The number of hydrogen-bond donors (Lipinski definition) is 1. The maximum Gasteiger partial charge on any atom is 0.261 e. The second kappa shape index (κ2) is 9.67. The monoisotopic (exact) mass is 404 g/mol. The summed E-state index contributed by atoms with van der Waals surface area (Å²) in [5.74, 6) is 0.0249. The van der Waals surface area contributed by atoms with E-state index >= 15 is 0 Å². The second-order valence-corrected chi connectivity index (χ2v) is 7.84. The summed E-state index contributed by atoms with van der Waals surface area (Å²) in [6.45, 7) is 3.25. The first-order valence-electron chi connectivity index (χ1n) is 10.7. The van der Waals surface area contributed by atoms with Crippen molar-refractivity contribution in [2.75, 3.05) is 19.6 Å². The van der Waals surface area contributed by atoms with Gasteiger partial charge in [0.25, 0.3) is 5.56 Å². The second-order valence-electron chi connectivity index (χ2n) is 7.84. The van der Waals surface area contributed by atoms with E-state index in [1.54, 1.807) is 17.0 Å². The molecule has 1 aliphatic heterocycles. The average Bonchev–Trinajstić information content (AvgIpc) is 3.31. The fraction of sp³-hybridized carbons (Fsp3) is 0.375. The van der Waals surface area contributed by atoms with E-state index in [9.17, 15) is 9.59 Å². The van der Waals surface area contributed by atoms with Gasteiger partial charge in [0.05, 0.1) is 23.3 Å². The van der Waals surface area contributed by atoms with E-state index in [2.05, 4.69) is 39.5 Å². The van der Waals surface area contributed by atoms with Gasteiger partial charge in [0.2, 0.25) is 5.91 Å². The van der Waals surface area contributed by atoms with Crippen LogP contribution in [-0.4, -0.2) is 40.0 Å². The molecule has 6 nitrogen and oxygen atoms in total. The lowest BCUT2D eigenvalue weighted by Gasteiger charge is -2.28. The fourth-order valence-corrected chi connectivity index (χ4v) is 4.16. The van der Waals surface area contributed by atoms with Gasteiger partial charge in [-0.2, -0.15) is 0 Å². The molecule has 2 aromatic carbocycles. The Balaban J connectivity index is 1.31. The van der Waals surface area contributed by atoms with Crippen LogP contribution < -0.4 is 10.9 Å². The van der Waals surface area contributed by atoms with Crippen molar-refractivity contribution in [2.24, 2.45) is 0 Å².